The smallest absolute Gasteiger partial charge is 0.270 e. The van der Waals surface area contributed by atoms with Crippen LogP contribution in [0.1, 0.15) is 5.56 Å². The van der Waals surface area contributed by atoms with Crippen molar-refractivity contribution < 1.29 is 18.1 Å². The second-order valence-electron chi connectivity index (χ2n) is 5.14. The summed E-state index contributed by atoms with van der Waals surface area (Å²) in [6.45, 7) is 1.08. The van der Waals surface area contributed by atoms with E-state index in [1.807, 2.05) is 24.3 Å². The predicted octanol–water partition coefficient (Wildman–Crippen LogP) is 1.67. The van der Waals surface area contributed by atoms with Crippen molar-refractivity contribution in [3.8, 4) is 5.75 Å². The van der Waals surface area contributed by atoms with Crippen LogP contribution in [0.5, 0.6) is 5.75 Å². The van der Waals surface area contributed by atoms with Gasteiger partial charge in [-0.15, -0.1) is 0 Å². The summed E-state index contributed by atoms with van der Waals surface area (Å²) in [7, 11) is -2.20. The molecule has 0 amide bonds. The van der Waals surface area contributed by atoms with Gasteiger partial charge in [0.1, 0.15) is 5.75 Å². The summed E-state index contributed by atoms with van der Waals surface area (Å²) in [4.78, 5) is 9.97. The maximum absolute atomic E-state index is 12.2. The Bertz CT molecular complexity index is 839. The zero-order chi connectivity index (χ0) is 18.3. The fourth-order valence-electron chi connectivity index (χ4n) is 2.19. The zero-order valence-electron chi connectivity index (χ0n) is 13.6. The molecule has 0 aliphatic carbocycles. The Balaban J connectivity index is 1.86. The van der Waals surface area contributed by atoms with E-state index in [1.54, 1.807) is 7.11 Å². The van der Waals surface area contributed by atoms with Gasteiger partial charge in [-0.05, 0) is 12.1 Å². The molecule has 9 heteroatoms. The molecule has 0 aliphatic rings. The molecular formula is C16H19N3O5S. The molecular weight excluding hydrogens is 346 g/mol. The van der Waals surface area contributed by atoms with Crippen molar-refractivity contribution in [3.05, 3.63) is 64.2 Å². The third kappa shape index (κ3) is 5.24. The molecule has 2 aromatic rings. The molecule has 2 rings (SSSR count). The largest absolute Gasteiger partial charge is 0.496 e. The second kappa shape index (κ2) is 8.56. The summed E-state index contributed by atoms with van der Waals surface area (Å²) >= 11 is 0. The lowest BCUT2D eigenvalue weighted by molar-refractivity contribution is -0.385. The fourth-order valence-corrected chi connectivity index (χ4v) is 3.26. The number of hydrogen-bond donors (Lipinski definition) is 2. The molecule has 25 heavy (non-hydrogen) atoms. The average molecular weight is 365 g/mol. The van der Waals surface area contributed by atoms with E-state index in [2.05, 4.69) is 10.0 Å². The Morgan fingerprint density at radius 3 is 2.60 bits per heavy atom. The Morgan fingerprint density at radius 1 is 1.12 bits per heavy atom. The van der Waals surface area contributed by atoms with Crippen LogP contribution in [-0.4, -0.2) is 33.5 Å². The molecule has 0 saturated heterocycles. The van der Waals surface area contributed by atoms with Crippen LogP contribution in [0.2, 0.25) is 0 Å². The molecule has 0 unspecified atom stereocenters. The van der Waals surface area contributed by atoms with Crippen molar-refractivity contribution in [2.24, 2.45) is 0 Å². The number of ether oxygens (including phenoxy) is 1. The van der Waals surface area contributed by atoms with E-state index >= 15 is 0 Å². The number of nitrogens with zero attached hydrogens (tertiary/aromatic N) is 1. The molecule has 0 fully saturated rings. The molecule has 0 spiro atoms. The molecule has 2 N–H and O–H groups in total. The number of rotatable bonds is 9. The van der Waals surface area contributed by atoms with Crippen LogP contribution < -0.4 is 14.8 Å². The lowest BCUT2D eigenvalue weighted by atomic mass is 10.2. The highest BCUT2D eigenvalue weighted by Gasteiger charge is 2.16. The van der Waals surface area contributed by atoms with E-state index in [0.717, 1.165) is 17.4 Å². The highest BCUT2D eigenvalue weighted by Crippen LogP contribution is 2.17. The third-order valence-electron chi connectivity index (χ3n) is 3.44. The predicted molar refractivity (Wildman–Crippen MR) is 93.0 cm³/mol. The standard InChI is InChI=1S/C16H19N3O5S/c1-24-16-8-3-2-5-13(16)12-17-9-10-18-25(22,23)15-7-4-6-14(11-15)19(20)21/h2-8,11,17-18H,9-10,12H2,1H3. The third-order valence-corrected chi connectivity index (χ3v) is 4.90. The topological polar surface area (TPSA) is 111 Å². The summed E-state index contributed by atoms with van der Waals surface area (Å²) in [5.74, 6) is 0.757. The van der Waals surface area contributed by atoms with Gasteiger partial charge in [0.05, 0.1) is 16.9 Å². The van der Waals surface area contributed by atoms with Gasteiger partial charge in [-0.25, -0.2) is 13.1 Å². The first kappa shape index (κ1) is 18.8. The van der Waals surface area contributed by atoms with Crippen molar-refractivity contribution in [2.45, 2.75) is 11.4 Å². The van der Waals surface area contributed by atoms with Gasteiger partial charge in [0, 0.05) is 37.3 Å². The summed E-state index contributed by atoms with van der Waals surface area (Å²) in [5, 5.41) is 13.9. The molecule has 0 saturated carbocycles. The Labute approximate surface area is 146 Å². The normalized spacial score (nSPS) is 11.2. The number of benzene rings is 2. The van der Waals surface area contributed by atoms with E-state index in [-0.39, 0.29) is 17.1 Å². The number of non-ortho nitro benzene ring substituents is 1. The van der Waals surface area contributed by atoms with Gasteiger partial charge in [-0.3, -0.25) is 10.1 Å². The quantitative estimate of drug-likeness (QED) is 0.397. The number of nitrogens with one attached hydrogen (secondary N) is 2. The Kier molecular flexibility index (Phi) is 6.45. The first-order valence-electron chi connectivity index (χ1n) is 7.51. The van der Waals surface area contributed by atoms with E-state index in [9.17, 15) is 18.5 Å². The first-order chi connectivity index (χ1) is 11.9. The van der Waals surface area contributed by atoms with Gasteiger partial charge in [0.15, 0.2) is 0 Å². The molecule has 0 aliphatic heterocycles. The average Bonchev–Trinajstić information content (AvgIpc) is 2.61. The lowest BCUT2D eigenvalue weighted by Crippen LogP contribution is -2.31. The van der Waals surface area contributed by atoms with Crippen molar-refractivity contribution in [1.82, 2.24) is 10.0 Å². The minimum Gasteiger partial charge on any atom is -0.496 e. The van der Waals surface area contributed by atoms with Crippen LogP contribution in [0, 0.1) is 10.1 Å². The summed E-state index contributed by atoms with van der Waals surface area (Å²) in [6, 6.07) is 12.5. The van der Waals surface area contributed by atoms with Crippen molar-refractivity contribution in [1.29, 1.82) is 0 Å². The minimum atomic E-state index is -3.79. The SMILES string of the molecule is COc1ccccc1CNCCNS(=O)(=O)c1cccc([N+](=O)[O-])c1. The Hall–Kier alpha value is -2.49. The number of sulfonamides is 1. The highest BCUT2D eigenvalue weighted by atomic mass is 32.2. The van der Waals surface area contributed by atoms with Crippen LogP contribution in [0.15, 0.2) is 53.4 Å². The molecule has 0 atom stereocenters. The fraction of sp³-hybridized carbons (Fsp3) is 0.250. The van der Waals surface area contributed by atoms with Gasteiger partial charge >= 0.3 is 0 Å². The summed E-state index contributed by atoms with van der Waals surface area (Å²) in [6.07, 6.45) is 0. The number of methoxy groups -OCH3 is 1. The molecule has 0 heterocycles. The monoisotopic (exact) mass is 365 g/mol. The molecule has 0 radical (unpaired) electrons. The van der Waals surface area contributed by atoms with Gasteiger partial charge in [0.25, 0.3) is 5.69 Å². The van der Waals surface area contributed by atoms with Crippen molar-refractivity contribution in [3.63, 3.8) is 0 Å². The van der Waals surface area contributed by atoms with Crippen LogP contribution >= 0.6 is 0 Å². The zero-order valence-corrected chi connectivity index (χ0v) is 14.5. The van der Waals surface area contributed by atoms with Gasteiger partial charge in [0.2, 0.25) is 10.0 Å². The first-order valence-corrected chi connectivity index (χ1v) is 8.99. The van der Waals surface area contributed by atoms with Crippen LogP contribution in [0.4, 0.5) is 5.69 Å². The second-order valence-corrected chi connectivity index (χ2v) is 6.91. The highest BCUT2D eigenvalue weighted by molar-refractivity contribution is 7.89. The molecule has 134 valence electrons. The van der Waals surface area contributed by atoms with E-state index < -0.39 is 14.9 Å². The van der Waals surface area contributed by atoms with Crippen molar-refractivity contribution in [2.75, 3.05) is 20.2 Å². The van der Waals surface area contributed by atoms with E-state index in [0.29, 0.717) is 13.1 Å². The van der Waals surface area contributed by atoms with Gasteiger partial charge in [-0.1, -0.05) is 24.3 Å². The lowest BCUT2D eigenvalue weighted by Gasteiger charge is -2.10. The maximum atomic E-state index is 12.2. The number of hydrogen-bond acceptors (Lipinski definition) is 6. The van der Waals surface area contributed by atoms with E-state index in [1.165, 1.54) is 18.2 Å². The molecule has 0 aromatic heterocycles. The number of para-hydroxylation sites is 1. The van der Waals surface area contributed by atoms with E-state index in [4.69, 9.17) is 4.74 Å². The van der Waals surface area contributed by atoms with Crippen molar-refractivity contribution >= 4 is 15.7 Å². The molecule has 0 bridgehead atoms. The summed E-state index contributed by atoms with van der Waals surface area (Å²) < 4.78 is 32.0. The number of nitro groups is 1. The summed E-state index contributed by atoms with van der Waals surface area (Å²) in [5.41, 5.74) is 0.698. The minimum absolute atomic E-state index is 0.133. The van der Waals surface area contributed by atoms with Gasteiger partial charge in [-0.2, -0.15) is 0 Å². The van der Waals surface area contributed by atoms with Crippen LogP contribution in [0.3, 0.4) is 0 Å². The Morgan fingerprint density at radius 2 is 1.88 bits per heavy atom. The maximum Gasteiger partial charge on any atom is 0.270 e. The van der Waals surface area contributed by atoms with Gasteiger partial charge < -0.3 is 10.1 Å². The molecule has 8 nitrogen and oxygen atoms in total. The van der Waals surface area contributed by atoms with Crippen LogP contribution in [0.25, 0.3) is 0 Å². The van der Waals surface area contributed by atoms with Crippen LogP contribution in [-0.2, 0) is 16.6 Å². The number of nitro benzene ring substituents is 1. The molecule has 2 aromatic carbocycles.